The second kappa shape index (κ2) is 3.64. The second-order valence-corrected chi connectivity index (χ2v) is 2.53. The van der Waals surface area contributed by atoms with Gasteiger partial charge in [-0.1, -0.05) is 11.6 Å². The molecule has 0 atom stereocenters. The molecule has 1 aromatic rings. The number of halogens is 2. The Hall–Kier alpha value is -0.670. The van der Waals surface area contributed by atoms with E-state index in [0.29, 0.717) is 23.7 Å². The summed E-state index contributed by atoms with van der Waals surface area (Å²) in [5, 5.41) is 0.343. The number of hydrogen-bond acceptors (Lipinski definition) is 2. The smallest absolute Gasteiger partial charge is 0.142 e. The number of nitrogens with two attached hydrogens (primary N) is 1. The first kappa shape index (κ1) is 8.43. The lowest BCUT2D eigenvalue weighted by Gasteiger charge is -1.99. The average molecular weight is 175 g/mol. The first-order valence-corrected chi connectivity index (χ1v) is 3.62. The van der Waals surface area contributed by atoms with Gasteiger partial charge in [-0.2, -0.15) is 0 Å². The Bertz CT molecular complexity index is 252. The van der Waals surface area contributed by atoms with Crippen molar-refractivity contribution in [3.8, 4) is 0 Å². The molecule has 0 saturated heterocycles. The molecule has 1 heterocycles. The van der Waals surface area contributed by atoms with Crippen LogP contribution < -0.4 is 5.73 Å². The molecular weight excluding hydrogens is 167 g/mol. The predicted octanol–water partition coefficient (Wildman–Crippen LogP) is 1.38. The highest BCUT2D eigenvalue weighted by Gasteiger charge is 2.01. The first-order chi connectivity index (χ1) is 5.24. The van der Waals surface area contributed by atoms with E-state index >= 15 is 0 Å². The SMILES string of the molecule is NCCc1ncc(F)cc1Cl. The van der Waals surface area contributed by atoms with Crippen molar-refractivity contribution < 1.29 is 4.39 Å². The van der Waals surface area contributed by atoms with E-state index in [1.54, 1.807) is 0 Å². The van der Waals surface area contributed by atoms with Crippen LogP contribution in [0.4, 0.5) is 4.39 Å². The van der Waals surface area contributed by atoms with Gasteiger partial charge in [-0.25, -0.2) is 4.39 Å². The minimum absolute atomic E-state index is 0.343. The minimum Gasteiger partial charge on any atom is -0.330 e. The molecule has 0 fully saturated rings. The Morgan fingerprint density at radius 3 is 2.91 bits per heavy atom. The normalized spacial score (nSPS) is 10.1. The van der Waals surface area contributed by atoms with Gasteiger partial charge in [0, 0.05) is 6.42 Å². The van der Waals surface area contributed by atoms with E-state index in [2.05, 4.69) is 4.98 Å². The number of rotatable bonds is 2. The second-order valence-electron chi connectivity index (χ2n) is 2.12. The average Bonchev–Trinajstić information content (AvgIpc) is 1.95. The number of nitrogens with zero attached hydrogens (tertiary/aromatic N) is 1. The largest absolute Gasteiger partial charge is 0.330 e. The van der Waals surface area contributed by atoms with Crippen LogP contribution in [0.25, 0.3) is 0 Å². The van der Waals surface area contributed by atoms with Crippen LogP contribution >= 0.6 is 11.6 Å². The van der Waals surface area contributed by atoms with Crippen molar-refractivity contribution in [3.63, 3.8) is 0 Å². The van der Waals surface area contributed by atoms with Crippen molar-refractivity contribution >= 4 is 11.6 Å². The molecule has 0 aliphatic rings. The van der Waals surface area contributed by atoms with E-state index in [0.717, 1.165) is 6.20 Å². The third kappa shape index (κ3) is 2.13. The zero-order valence-corrected chi connectivity index (χ0v) is 6.61. The molecule has 0 unspecified atom stereocenters. The standard InChI is InChI=1S/C7H8ClFN2/c8-6-3-5(9)4-11-7(6)1-2-10/h3-4H,1-2,10H2. The lowest BCUT2D eigenvalue weighted by Crippen LogP contribution is -2.05. The van der Waals surface area contributed by atoms with Crippen molar-refractivity contribution in [2.45, 2.75) is 6.42 Å². The summed E-state index contributed by atoms with van der Waals surface area (Å²) in [6.07, 6.45) is 1.72. The van der Waals surface area contributed by atoms with Crippen LogP contribution in [0.15, 0.2) is 12.3 Å². The Balaban J connectivity index is 2.90. The van der Waals surface area contributed by atoms with E-state index in [1.165, 1.54) is 6.07 Å². The van der Waals surface area contributed by atoms with E-state index in [4.69, 9.17) is 17.3 Å². The summed E-state index contributed by atoms with van der Waals surface area (Å²) in [5.41, 5.74) is 5.92. The van der Waals surface area contributed by atoms with Gasteiger partial charge in [0.25, 0.3) is 0 Å². The van der Waals surface area contributed by atoms with Gasteiger partial charge in [0.1, 0.15) is 5.82 Å². The molecule has 0 saturated carbocycles. The quantitative estimate of drug-likeness (QED) is 0.736. The molecule has 60 valence electrons. The van der Waals surface area contributed by atoms with Crippen LogP contribution in [0.3, 0.4) is 0 Å². The maximum absolute atomic E-state index is 12.4. The van der Waals surface area contributed by atoms with Gasteiger partial charge in [0.15, 0.2) is 0 Å². The van der Waals surface area contributed by atoms with Crippen LogP contribution in [-0.4, -0.2) is 11.5 Å². The number of hydrogen-bond donors (Lipinski definition) is 1. The molecule has 11 heavy (non-hydrogen) atoms. The molecule has 0 aliphatic heterocycles. The van der Waals surface area contributed by atoms with Crippen LogP contribution in [0.5, 0.6) is 0 Å². The van der Waals surface area contributed by atoms with Gasteiger partial charge in [0.05, 0.1) is 16.9 Å². The Morgan fingerprint density at radius 2 is 2.36 bits per heavy atom. The zero-order chi connectivity index (χ0) is 8.27. The summed E-state index contributed by atoms with van der Waals surface area (Å²) in [6.45, 7) is 0.471. The Kier molecular flexibility index (Phi) is 2.79. The summed E-state index contributed by atoms with van der Waals surface area (Å²) in [6, 6.07) is 1.24. The van der Waals surface area contributed by atoms with Crippen LogP contribution in [0, 0.1) is 5.82 Å². The minimum atomic E-state index is -0.421. The van der Waals surface area contributed by atoms with Crippen LogP contribution in [0.1, 0.15) is 5.69 Å². The molecule has 1 aromatic heterocycles. The summed E-state index contributed by atoms with van der Waals surface area (Å²) in [5.74, 6) is -0.421. The lowest BCUT2D eigenvalue weighted by atomic mass is 10.3. The molecule has 4 heteroatoms. The summed E-state index contributed by atoms with van der Waals surface area (Å²) in [7, 11) is 0. The fourth-order valence-corrected chi connectivity index (χ4v) is 1.01. The fourth-order valence-electron chi connectivity index (χ4n) is 0.764. The lowest BCUT2D eigenvalue weighted by molar-refractivity contribution is 0.619. The van der Waals surface area contributed by atoms with E-state index in [1.807, 2.05) is 0 Å². The summed E-state index contributed by atoms with van der Waals surface area (Å²) in [4.78, 5) is 3.78. The Labute approximate surface area is 69.2 Å². The van der Waals surface area contributed by atoms with Crippen molar-refractivity contribution in [1.82, 2.24) is 4.98 Å². The summed E-state index contributed by atoms with van der Waals surface area (Å²) >= 11 is 5.65. The van der Waals surface area contributed by atoms with Gasteiger partial charge in [-0.15, -0.1) is 0 Å². The van der Waals surface area contributed by atoms with Gasteiger partial charge < -0.3 is 5.73 Å². The van der Waals surface area contributed by atoms with Gasteiger partial charge in [0.2, 0.25) is 0 Å². The highest BCUT2D eigenvalue weighted by molar-refractivity contribution is 6.31. The highest BCUT2D eigenvalue weighted by Crippen LogP contribution is 2.14. The predicted molar refractivity (Wildman–Crippen MR) is 42.0 cm³/mol. The molecule has 0 aromatic carbocycles. The first-order valence-electron chi connectivity index (χ1n) is 3.24. The van der Waals surface area contributed by atoms with Crippen molar-refractivity contribution in [1.29, 1.82) is 0 Å². The van der Waals surface area contributed by atoms with Gasteiger partial charge >= 0.3 is 0 Å². The molecule has 2 N–H and O–H groups in total. The van der Waals surface area contributed by atoms with E-state index in [-0.39, 0.29) is 0 Å². The summed E-state index contributed by atoms with van der Waals surface area (Å²) < 4.78 is 12.4. The maximum atomic E-state index is 12.4. The maximum Gasteiger partial charge on any atom is 0.142 e. The fraction of sp³-hybridized carbons (Fsp3) is 0.286. The topological polar surface area (TPSA) is 38.9 Å². The van der Waals surface area contributed by atoms with Gasteiger partial charge in [-0.05, 0) is 12.6 Å². The third-order valence-electron chi connectivity index (χ3n) is 1.27. The molecule has 0 bridgehead atoms. The molecule has 0 radical (unpaired) electrons. The third-order valence-corrected chi connectivity index (χ3v) is 1.59. The van der Waals surface area contributed by atoms with Crippen LogP contribution in [0.2, 0.25) is 5.02 Å². The number of pyridine rings is 1. The van der Waals surface area contributed by atoms with Crippen molar-refractivity contribution in [3.05, 3.63) is 28.8 Å². The van der Waals surface area contributed by atoms with Gasteiger partial charge in [-0.3, -0.25) is 4.98 Å². The van der Waals surface area contributed by atoms with Crippen molar-refractivity contribution in [2.75, 3.05) is 6.54 Å². The zero-order valence-electron chi connectivity index (χ0n) is 5.85. The molecule has 0 spiro atoms. The van der Waals surface area contributed by atoms with Crippen LogP contribution in [-0.2, 0) is 6.42 Å². The highest BCUT2D eigenvalue weighted by atomic mass is 35.5. The molecule has 2 nitrogen and oxygen atoms in total. The molecule has 1 rings (SSSR count). The monoisotopic (exact) mass is 174 g/mol. The molecule has 0 aliphatic carbocycles. The van der Waals surface area contributed by atoms with E-state index < -0.39 is 5.82 Å². The van der Waals surface area contributed by atoms with E-state index in [9.17, 15) is 4.39 Å². The van der Waals surface area contributed by atoms with Crippen molar-refractivity contribution in [2.24, 2.45) is 5.73 Å². The number of aromatic nitrogens is 1. The molecular formula is C7H8ClFN2. The molecule has 0 amide bonds. The Morgan fingerprint density at radius 1 is 1.64 bits per heavy atom.